The fraction of sp³-hybridized carbons (Fsp3) is 0.400. The van der Waals surface area contributed by atoms with Crippen LogP contribution >= 0.6 is 11.6 Å². The molecule has 1 aromatic carbocycles. The topological polar surface area (TPSA) is 43.4 Å². The summed E-state index contributed by atoms with van der Waals surface area (Å²) in [5.74, 6) is -0.769. The van der Waals surface area contributed by atoms with Gasteiger partial charge < -0.3 is 4.74 Å². The van der Waals surface area contributed by atoms with Crippen LogP contribution in [0.2, 0.25) is 5.02 Å². The molecule has 0 atom stereocenters. The molecule has 0 aliphatic heterocycles. The Kier molecular flexibility index (Phi) is 4.70. The van der Waals surface area contributed by atoms with Crippen LogP contribution in [0.15, 0.2) is 18.2 Å². The van der Waals surface area contributed by atoms with Crippen molar-refractivity contribution in [3.8, 4) is 0 Å². The van der Waals surface area contributed by atoms with E-state index in [1.165, 1.54) is 19.2 Å². The van der Waals surface area contributed by atoms with E-state index in [0.717, 1.165) is 6.07 Å². The maximum atomic E-state index is 12.8. The molecule has 0 amide bonds. The number of ether oxygens (including phenoxy) is 1. The maximum Gasteiger partial charge on any atom is 0.156 e. The summed E-state index contributed by atoms with van der Waals surface area (Å²) >= 11 is 5.55. The van der Waals surface area contributed by atoms with Crippen molar-refractivity contribution >= 4 is 21.4 Å². The molecule has 0 aliphatic rings. The summed E-state index contributed by atoms with van der Waals surface area (Å²) in [7, 11) is -1.80. The third-order valence-electron chi connectivity index (χ3n) is 1.97. The first-order chi connectivity index (χ1) is 7.44. The normalized spacial score (nSPS) is 11.7. The number of hydrogen-bond acceptors (Lipinski definition) is 3. The summed E-state index contributed by atoms with van der Waals surface area (Å²) < 4.78 is 40.6. The Morgan fingerprint density at radius 3 is 2.69 bits per heavy atom. The molecule has 0 radical (unpaired) electrons. The van der Waals surface area contributed by atoms with Gasteiger partial charge in [0.15, 0.2) is 9.84 Å². The minimum Gasteiger partial charge on any atom is -0.384 e. The molecule has 16 heavy (non-hydrogen) atoms. The molecule has 6 heteroatoms. The van der Waals surface area contributed by atoms with Gasteiger partial charge in [-0.05, 0) is 17.7 Å². The van der Waals surface area contributed by atoms with Crippen molar-refractivity contribution in [2.75, 3.05) is 19.5 Å². The SMILES string of the molecule is COCCS(=O)(=O)Cc1ccc(F)c(Cl)c1. The molecule has 0 saturated heterocycles. The zero-order valence-corrected chi connectivity index (χ0v) is 10.3. The second-order valence-electron chi connectivity index (χ2n) is 3.33. The van der Waals surface area contributed by atoms with E-state index in [-0.39, 0.29) is 23.1 Å². The number of benzene rings is 1. The smallest absolute Gasteiger partial charge is 0.156 e. The minimum absolute atomic E-state index is 0.0570. The van der Waals surface area contributed by atoms with E-state index >= 15 is 0 Å². The Hall–Kier alpha value is -0.650. The van der Waals surface area contributed by atoms with Crippen LogP contribution in [0.4, 0.5) is 4.39 Å². The Balaban J connectivity index is 2.76. The lowest BCUT2D eigenvalue weighted by Crippen LogP contribution is -2.13. The molecule has 0 heterocycles. The lowest BCUT2D eigenvalue weighted by molar-refractivity contribution is 0.217. The van der Waals surface area contributed by atoms with Gasteiger partial charge in [-0.25, -0.2) is 12.8 Å². The van der Waals surface area contributed by atoms with Gasteiger partial charge in [0, 0.05) is 7.11 Å². The van der Waals surface area contributed by atoms with Gasteiger partial charge >= 0.3 is 0 Å². The number of halogens is 2. The van der Waals surface area contributed by atoms with Gasteiger partial charge in [-0.1, -0.05) is 17.7 Å². The van der Waals surface area contributed by atoms with Crippen molar-refractivity contribution in [1.82, 2.24) is 0 Å². The maximum absolute atomic E-state index is 12.8. The number of rotatable bonds is 5. The number of hydrogen-bond donors (Lipinski definition) is 0. The average Bonchev–Trinajstić information content (AvgIpc) is 2.20. The van der Waals surface area contributed by atoms with Gasteiger partial charge in [0.2, 0.25) is 0 Å². The predicted molar refractivity (Wildman–Crippen MR) is 60.8 cm³/mol. The van der Waals surface area contributed by atoms with Crippen LogP contribution < -0.4 is 0 Å². The first-order valence-corrected chi connectivity index (χ1v) is 6.78. The molecular formula is C10H12ClFO3S. The number of methoxy groups -OCH3 is 1. The second kappa shape index (κ2) is 5.61. The molecule has 0 saturated carbocycles. The highest BCUT2D eigenvalue weighted by Crippen LogP contribution is 2.17. The fourth-order valence-electron chi connectivity index (χ4n) is 1.17. The van der Waals surface area contributed by atoms with Crippen molar-refractivity contribution < 1.29 is 17.5 Å². The fourth-order valence-corrected chi connectivity index (χ4v) is 2.62. The van der Waals surface area contributed by atoms with Crippen LogP contribution in [0.1, 0.15) is 5.56 Å². The first-order valence-electron chi connectivity index (χ1n) is 4.58. The van der Waals surface area contributed by atoms with Crippen LogP contribution in [-0.4, -0.2) is 27.9 Å². The highest BCUT2D eigenvalue weighted by Gasteiger charge is 2.12. The molecule has 0 aromatic heterocycles. The molecule has 0 fully saturated rings. The number of sulfone groups is 1. The van der Waals surface area contributed by atoms with Gasteiger partial charge in [0.1, 0.15) is 5.82 Å². The third-order valence-corrected chi connectivity index (χ3v) is 3.82. The van der Waals surface area contributed by atoms with E-state index in [1.54, 1.807) is 0 Å². The van der Waals surface area contributed by atoms with E-state index in [2.05, 4.69) is 0 Å². The standard InChI is InChI=1S/C10H12ClFO3S/c1-15-4-5-16(13,14)7-8-2-3-10(12)9(11)6-8/h2-3,6H,4-5,7H2,1H3. The highest BCUT2D eigenvalue weighted by molar-refractivity contribution is 7.90. The average molecular weight is 267 g/mol. The largest absolute Gasteiger partial charge is 0.384 e. The Bertz CT molecular complexity index is 459. The molecule has 0 aliphatic carbocycles. The zero-order valence-electron chi connectivity index (χ0n) is 8.74. The minimum atomic E-state index is -3.23. The summed E-state index contributed by atoms with van der Waals surface area (Å²) in [6.07, 6.45) is 0. The van der Waals surface area contributed by atoms with E-state index in [1.807, 2.05) is 0 Å². The molecule has 0 bridgehead atoms. The molecule has 0 spiro atoms. The molecule has 0 N–H and O–H groups in total. The van der Waals surface area contributed by atoms with Crippen molar-refractivity contribution in [2.45, 2.75) is 5.75 Å². The van der Waals surface area contributed by atoms with Gasteiger partial charge in [-0.3, -0.25) is 0 Å². The van der Waals surface area contributed by atoms with Gasteiger partial charge in [0.05, 0.1) is 23.1 Å². The highest BCUT2D eigenvalue weighted by atomic mass is 35.5. The van der Waals surface area contributed by atoms with E-state index in [0.29, 0.717) is 5.56 Å². The summed E-state index contributed by atoms with van der Waals surface area (Å²) in [6.45, 7) is 0.150. The van der Waals surface area contributed by atoms with Gasteiger partial charge in [0.25, 0.3) is 0 Å². The lowest BCUT2D eigenvalue weighted by atomic mass is 10.2. The quantitative estimate of drug-likeness (QED) is 0.819. The second-order valence-corrected chi connectivity index (χ2v) is 5.92. The van der Waals surface area contributed by atoms with E-state index in [4.69, 9.17) is 16.3 Å². The van der Waals surface area contributed by atoms with Gasteiger partial charge in [-0.15, -0.1) is 0 Å². The van der Waals surface area contributed by atoms with Crippen LogP contribution in [0.25, 0.3) is 0 Å². The lowest BCUT2D eigenvalue weighted by Gasteiger charge is -2.04. The van der Waals surface area contributed by atoms with Crippen molar-refractivity contribution in [2.24, 2.45) is 0 Å². The van der Waals surface area contributed by atoms with Crippen LogP contribution in [0, 0.1) is 5.82 Å². The van der Waals surface area contributed by atoms with Crippen LogP contribution in [0.5, 0.6) is 0 Å². The van der Waals surface area contributed by atoms with Crippen molar-refractivity contribution in [1.29, 1.82) is 0 Å². The molecule has 0 unspecified atom stereocenters. The third kappa shape index (κ3) is 4.08. The van der Waals surface area contributed by atoms with Crippen LogP contribution in [0.3, 0.4) is 0 Å². The molecule has 90 valence electrons. The summed E-state index contributed by atoms with van der Waals surface area (Å²) in [6, 6.07) is 3.89. The van der Waals surface area contributed by atoms with Crippen molar-refractivity contribution in [3.63, 3.8) is 0 Å². The summed E-state index contributed by atoms with van der Waals surface area (Å²) in [4.78, 5) is 0. The van der Waals surface area contributed by atoms with E-state index < -0.39 is 15.7 Å². The van der Waals surface area contributed by atoms with Gasteiger partial charge in [-0.2, -0.15) is 0 Å². The van der Waals surface area contributed by atoms with Crippen molar-refractivity contribution in [3.05, 3.63) is 34.6 Å². The summed E-state index contributed by atoms with van der Waals surface area (Å²) in [5.41, 5.74) is 0.475. The molecule has 3 nitrogen and oxygen atoms in total. The van der Waals surface area contributed by atoms with E-state index in [9.17, 15) is 12.8 Å². The Morgan fingerprint density at radius 1 is 1.44 bits per heavy atom. The molecule has 1 aromatic rings. The monoisotopic (exact) mass is 266 g/mol. The molecule has 1 rings (SSSR count). The Labute approximate surface area is 99.1 Å². The zero-order chi connectivity index (χ0) is 12.2. The molecular weight excluding hydrogens is 255 g/mol. The predicted octanol–water partition coefficient (Wildman–Crippen LogP) is 2.04. The first kappa shape index (κ1) is 13.4. The summed E-state index contributed by atoms with van der Waals surface area (Å²) in [5, 5.41) is -0.0700. The Morgan fingerprint density at radius 2 is 2.12 bits per heavy atom. The van der Waals surface area contributed by atoms with Crippen LogP contribution in [-0.2, 0) is 20.3 Å².